The van der Waals surface area contributed by atoms with Crippen LogP contribution in [0.15, 0.2) is 12.3 Å². The van der Waals surface area contributed by atoms with Gasteiger partial charge in [-0.1, -0.05) is 6.92 Å². The highest BCUT2D eigenvalue weighted by atomic mass is 32.1. The first-order chi connectivity index (χ1) is 3.77. The Morgan fingerprint density at radius 1 is 1.88 bits per heavy atom. The molecular weight excluding hydrogens is 124 g/mol. The zero-order valence-corrected chi connectivity index (χ0v) is 5.40. The lowest BCUT2D eigenvalue weighted by Gasteiger charge is -1.84. The van der Waals surface area contributed by atoms with Gasteiger partial charge in [-0.05, 0) is 12.5 Å². The summed E-state index contributed by atoms with van der Waals surface area (Å²) in [5.74, 6) is 0. The first kappa shape index (κ1) is 7.43. The van der Waals surface area contributed by atoms with Crippen LogP contribution in [0.3, 0.4) is 0 Å². The van der Waals surface area contributed by atoms with Crippen molar-refractivity contribution in [1.82, 2.24) is 0 Å². The SMILES string of the molecule is CCC=COC(=O)[S]. The fourth-order valence-corrected chi connectivity index (χ4v) is 0.255. The molecule has 0 amide bonds. The molecule has 0 rings (SSSR count). The molecule has 0 aromatic carbocycles. The van der Waals surface area contributed by atoms with Crippen LogP contribution in [0.25, 0.3) is 0 Å². The molecule has 0 aliphatic carbocycles. The third kappa shape index (κ3) is 5.43. The summed E-state index contributed by atoms with van der Waals surface area (Å²) in [5, 5.41) is -0.685. The van der Waals surface area contributed by atoms with Gasteiger partial charge < -0.3 is 4.74 Å². The third-order valence-electron chi connectivity index (χ3n) is 0.496. The Morgan fingerprint density at radius 2 is 2.50 bits per heavy atom. The van der Waals surface area contributed by atoms with Gasteiger partial charge in [0.1, 0.15) is 0 Å². The minimum absolute atomic E-state index is 0.685. The third-order valence-corrected chi connectivity index (χ3v) is 0.592. The van der Waals surface area contributed by atoms with Gasteiger partial charge in [0.15, 0.2) is 0 Å². The molecule has 0 aliphatic heterocycles. The van der Waals surface area contributed by atoms with Gasteiger partial charge in [-0.25, -0.2) is 4.79 Å². The number of allylic oxidation sites excluding steroid dienone is 1. The zero-order valence-electron chi connectivity index (χ0n) is 4.59. The number of carbonyl (C=O) groups is 1. The number of hydrogen-bond donors (Lipinski definition) is 0. The molecule has 1 radical (unpaired) electrons. The van der Waals surface area contributed by atoms with E-state index in [1.807, 2.05) is 6.92 Å². The lowest BCUT2D eigenvalue weighted by Crippen LogP contribution is -1.81. The molecular formula is C5H7O2S. The second-order valence-corrected chi connectivity index (χ2v) is 1.48. The Kier molecular flexibility index (Phi) is 4.26. The first-order valence-corrected chi connectivity index (χ1v) is 2.71. The fourth-order valence-electron chi connectivity index (χ4n) is 0.200. The smallest absolute Gasteiger partial charge is 0.404 e. The highest BCUT2D eigenvalue weighted by molar-refractivity contribution is 7.96. The molecule has 0 heterocycles. The predicted octanol–water partition coefficient (Wildman–Crippen LogP) is 2.24. The highest BCUT2D eigenvalue weighted by Crippen LogP contribution is 1.87. The summed E-state index contributed by atoms with van der Waals surface area (Å²) in [5.41, 5.74) is 0. The van der Waals surface area contributed by atoms with E-state index in [1.54, 1.807) is 6.08 Å². The van der Waals surface area contributed by atoms with E-state index in [9.17, 15) is 4.79 Å². The van der Waals surface area contributed by atoms with Gasteiger partial charge in [-0.2, -0.15) is 0 Å². The standard InChI is InChI=1S/C5H7O2S/c1-2-3-4-7-5(6)8/h3-4H,2H2,1H3. The molecule has 0 fully saturated rings. The fraction of sp³-hybridized carbons (Fsp3) is 0.400. The molecule has 0 saturated heterocycles. The zero-order chi connectivity index (χ0) is 6.41. The molecule has 0 spiro atoms. The van der Waals surface area contributed by atoms with Crippen LogP contribution in [0.4, 0.5) is 4.79 Å². The molecule has 0 unspecified atom stereocenters. The van der Waals surface area contributed by atoms with Crippen molar-refractivity contribution in [2.45, 2.75) is 13.3 Å². The van der Waals surface area contributed by atoms with E-state index in [0.29, 0.717) is 0 Å². The predicted molar refractivity (Wildman–Crippen MR) is 33.5 cm³/mol. The summed E-state index contributed by atoms with van der Waals surface area (Å²) in [7, 11) is 0. The van der Waals surface area contributed by atoms with E-state index >= 15 is 0 Å². The van der Waals surface area contributed by atoms with E-state index in [-0.39, 0.29) is 0 Å². The summed E-state index contributed by atoms with van der Waals surface area (Å²) in [6.07, 6.45) is 3.86. The summed E-state index contributed by atoms with van der Waals surface area (Å²) in [6.45, 7) is 1.94. The summed E-state index contributed by atoms with van der Waals surface area (Å²) >= 11 is 4.08. The van der Waals surface area contributed by atoms with Crippen molar-refractivity contribution in [3.05, 3.63) is 12.3 Å². The largest absolute Gasteiger partial charge is 0.423 e. The van der Waals surface area contributed by atoms with Crippen molar-refractivity contribution >= 4 is 17.9 Å². The van der Waals surface area contributed by atoms with E-state index in [4.69, 9.17) is 0 Å². The quantitative estimate of drug-likeness (QED) is 0.424. The van der Waals surface area contributed by atoms with Crippen LogP contribution in [-0.4, -0.2) is 5.30 Å². The Morgan fingerprint density at radius 3 is 2.88 bits per heavy atom. The average molecular weight is 131 g/mol. The molecule has 0 atom stereocenters. The molecule has 3 heteroatoms. The molecule has 0 saturated carbocycles. The van der Waals surface area contributed by atoms with E-state index in [2.05, 4.69) is 17.4 Å². The molecule has 45 valence electrons. The maximum Gasteiger partial charge on any atom is 0.404 e. The topological polar surface area (TPSA) is 26.3 Å². The molecule has 0 aliphatic rings. The number of rotatable bonds is 2. The maximum atomic E-state index is 9.86. The van der Waals surface area contributed by atoms with Gasteiger partial charge in [-0.3, -0.25) is 0 Å². The van der Waals surface area contributed by atoms with Crippen molar-refractivity contribution in [3.8, 4) is 0 Å². The van der Waals surface area contributed by atoms with Gasteiger partial charge in [-0.15, -0.1) is 0 Å². The number of carbonyl (C=O) groups excluding carboxylic acids is 1. The minimum atomic E-state index is -0.685. The van der Waals surface area contributed by atoms with Gasteiger partial charge in [0.25, 0.3) is 0 Å². The van der Waals surface area contributed by atoms with Gasteiger partial charge in [0.05, 0.1) is 6.26 Å². The van der Waals surface area contributed by atoms with Crippen molar-refractivity contribution in [1.29, 1.82) is 0 Å². The van der Waals surface area contributed by atoms with Crippen molar-refractivity contribution in [2.24, 2.45) is 0 Å². The van der Waals surface area contributed by atoms with Crippen molar-refractivity contribution in [2.75, 3.05) is 0 Å². The van der Waals surface area contributed by atoms with Gasteiger partial charge in [0, 0.05) is 12.6 Å². The number of hydrogen-bond acceptors (Lipinski definition) is 2. The minimum Gasteiger partial charge on any atom is -0.423 e. The van der Waals surface area contributed by atoms with Crippen LogP contribution in [0.2, 0.25) is 0 Å². The maximum absolute atomic E-state index is 9.86. The van der Waals surface area contributed by atoms with Crippen LogP contribution in [0.5, 0.6) is 0 Å². The van der Waals surface area contributed by atoms with Gasteiger partial charge >= 0.3 is 5.30 Å². The molecule has 2 nitrogen and oxygen atoms in total. The van der Waals surface area contributed by atoms with Gasteiger partial charge in [0.2, 0.25) is 0 Å². The average Bonchev–Trinajstić information content (AvgIpc) is 1.66. The van der Waals surface area contributed by atoms with Crippen molar-refractivity contribution < 1.29 is 9.53 Å². The molecule has 0 bridgehead atoms. The lowest BCUT2D eigenvalue weighted by atomic mass is 10.5. The molecule has 0 aromatic heterocycles. The van der Waals surface area contributed by atoms with Crippen LogP contribution >= 0.6 is 12.6 Å². The highest BCUT2D eigenvalue weighted by Gasteiger charge is 1.85. The summed E-state index contributed by atoms with van der Waals surface area (Å²) in [4.78, 5) is 9.86. The van der Waals surface area contributed by atoms with Crippen molar-refractivity contribution in [3.63, 3.8) is 0 Å². The second kappa shape index (κ2) is 4.59. The van der Waals surface area contributed by atoms with Crippen LogP contribution in [-0.2, 0) is 4.74 Å². The Hall–Kier alpha value is -0.570. The van der Waals surface area contributed by atoms with E-state index in [1.165, 1.54) is 6.26 Å². The molecule has 0 N–H and O–H groups in total. The Labute approximate surface area is 53.9 Å². The summed E-state index contributed by atoms with van der Waals surface area (Å²) < 4.78 is 4.28. The van der Waals surface area contributed by atoms with Crippen LogP contribution in [0.1, 0.15) is 13.3 Å². The Balaban J connectivity index is 3.16. The molecule has 8 heavy (non-hydrogen) atoms. The normalized spacial score (nSPS) is 9.62. The first-order valence-electron chi connectivity index (χ1n) is 2.30. The number of ether oxygens (including phenoxy) is 1. The summed E-state index contributed by atoms with van der Waals surface area (Å²) in [6, 6.07) is 0. The Bertz CT molecular complexity index is 98.6. The second-order valence-electron chi connectivity index (χ2n) is 1.15. The lowest BCUT2D eigenvalue weighted by molar-refractivity contribution is 0.214. The molecule has 0 aromatic rings. The van der Waals surface area contributed by atoms with E-state index in [0.717, 1.165) is 6.42 Å². The van der Waals surface area contributed by atoms with E-state index < -0.39 is 5.30 Å². The monoisotopic (exact) mass is 131 g/mol. The van der Waals surface area contributed by atoms with Crippen LogP contribution < -0.4 is 0 Å². The van der Waals surface area contributed by atoms with Crippen LogP contribution in [0, 0.1) is 0 Å².